The first-order valence-corrected chi connectivity index (χ1v) is 6.96. The molecule has 1 aromatic heterocycles. The van der Waals surface area contributed by atoms with Crippen LogP contribution in [-0.2, 0) is 6.42 Å². The SMILES string of the molecule is O=Cc1nnn(-c2ccc(F)c(Cl)c2)c1Cc1ccccc1. The van der Waals surface area contributed by atoms with Gasteiger partial charge >= 0.3 is 0 Å². The summed E-state index contributed by atoms with van der Waals surface area (Å²) in [5, 5.41) is 7.84. The van der Waals surface area contributed by atoms with Gasteiger partial charge < -0.3 is 0 Å². The van der Waals surface area contributed by atoms with Gasteiger partial charge in [0.25, 0.3) is 0 Å². The average Bonchev–Trinajstić information content (AvgIpc) is 2.94. The lowest BCUT2D eigenvalue weighted by Crippen LogP contribution is -2.05. The lowest BCUT2D eigenvalue weighted by atomic mass is 10.1. The summed E-state index contributed by atoms with van der Waals surface area (Å²) >= 11 is 5.81. The molecular weight excluding hydrogens is 305 g/mol. The molecule has 0 bridgehead atoms. The van der Waals surface area contributed by atoms with Gasteiger partial charge in [-0.25, -0.2) is 9.07 Å². The molecule has 3 aromatic rings. The van der Waals surface area contributed by atoms with E-state index in [-0.39, 0.29) is 10.7 Å². The van der Waals surface area contributed by atoms with Gasteiger partial charge in [0.05, 0.1) is 16.4 Å². The van der Waals surface area contributed by atoms with Crippen LogP contribution < -0.4 is 0 Å². The minimum atomic E-state index is -0.509. The summed E-state index contributed by atoms with van der Waals surface area (Å²) in [6.45, 7) is 0. The Kier molecular flexibility index (Phi) is 3.98. The molecule has 0 unspecified atom stereocenters. The zero-order chi connectivity index (χ0) is 15.5. The van der Waals surface area contributed by atoms with E-state index in [1.165, 1.54) is 16.8 Å². The molecule has 6 heteroatoms. The van der Waals surface area contributed by atoms with Crippen LogP contribution in [0.25, 0.3) is 5.69 Å². The number of carbonyl (C=O) groups is 1. The molecular formula is C16H11ClFN3O. The fourth-order valence-corrected chi connectivity index (χ4v) is 2.36. The Morgan fingerprint density at radius 2 is 1.95 bits per heavy atom. The molecule has 1 heterocycles. The Morgan fingerprint density at radius 1 is 1.18 bits per heavy atom. The molecule has 0 aliphatic carbocycles. The molecule has 3 rings (SSSR count). The number of hydrogen-bond donors (Lipinski definition) is 0. The van der Waals surface area contributed by atoms with Gasteiger partial charge in [0.1, 0.15) is 11.5 Å². The maximum Gasteiger partial charge on any atom is 0.172 e. The van der Waals surface area contributed by atoms with Crippen molar-refractivity contribution >= 4 is 17.9 Å². The second kappa shape index (κ2) is 6.07. The monoisotopic (exact) mass is 315 g/mol. The molecule has 0 radical (unpaired) electrons. The van der Waals surface area contributed by atoms with Crippen LogP contribution in [0.5, 0.6) is 0 Å². The highest BCUT2D eigenvalue weighted by Crippen LogP contribution is 2.21. The van der Waals surface area contributed by atoms with Crippen molar-refractivity contribution in [2.75, 3.05) is 0 Å². The summed E-state index contributed by atoms with van der Waals surface area (Å²) in [5.41, 5.74) is 2.45. The number of aldehydes is 1. The first kappa shape index (κ1) is 14.4. The zero-order valence-corrected chi connectivity index (χ0v) is 12.2. The van der Waals surface area contributed by atoms with E-state index < -0.39 is 5.82 Å². The quantitative estimate of drug-likeness (QED) is 0.693. The number of aromatic nitrogens is 3. The zero-order valence-electron chi connectivity index (χ0n) is 11.4. The van der Waals surface area contributed by atoms with E-state index in [9.17, 15) is 9.18 Å². The normalized spacial score (nSPS) is 10.6. The van der Waals surface area contributed by atoms with Gasteiger partial charge in [0.15, 0.2) is 6.29 Å². The van der Waals surface area contributed by atoms with Crippen molar-refractivity contribution in [1.29, 1.82) is 0 Å². The first-order chi connectivity index (χ1) is 10.7. The molecule has 0 aliphatic rings. The third-order valence-corrected chi connectivity index (χ3v) is 3.56. The Balaban J connectivity index is 2.06. The molecule has 2 aromatic carbocycles. The first-order valence-electron chi connectivity index (χ1n) is 6.58. The Morgan fingerprint density at radius 3 is 2.64 bits per heavy atom. The van der Waals surface area contributed by atoms with Crippen LogP contribution >= 0.6 is 11.6 Å². The highest BCUT2D eigenvalue weighted by molar-refractivity contribution is 6.30. The summed E-state index contributed by atoms with van der Waals surface area (Å²) in [4.78, 5) is 11.2. The minimum Gasteiger partial charge on any atom is -0.296 e. The molecule has 110 valence electrons. The smallest absolute Gasteiger partial charge is 0.172 e. The van der Waals surface area contributed by atoms with Crippen LogP contribution in [0, 0.1) is 5.82 Å². The highest BCUT2D eigenvalue weighted by atomic mass is 35.5. The summed E-state index contributed by atoms with van der Waals surface area (Å²) in [7, 11) is 0. The highest BCUT2D eigenvalue weighted by Gasteiger charge is 2.15. The Bertz CT molecular complexity index is 818. The molecule has 0 aliphatic heterocycles. The standard InChI is InChI=1S/C16H11ClFN3O/c17-13-9-12(6-7-14(13)18)21-16(15(10-22)19-20-21)8-11-4-2-1-3-5-11/h1-7,9-10H,8H2. The molecule has 0 N–H and O–H groups in total. The van der Waals surface area contributed by atoms with E-state index in [0.29, 0.717) is 24.1 Å². The molecule has 0 fully saturated rings. The predicted octanol–water partition coefficient (Wildman–Crippen LogP) is 3.46. The summed E-state index contributed by atoms with van der Waals surface area (Å²) in [6.07, 6.45) is 1.14. The van der Waals surface area contributed by atoms with Gasteiger partial charge in [-0.1, -0.05) is 47.1 Å². The second-order valence-electron chi connectivity index (χ2n) is 4.71. The van der Waals surface area contributed by atoms with Crippen molar-refractivity contribution in [3.05, 3.63) is 76.3 Å². The van der Waals surface area contributed by atoms with E-state index in [1.54, 1.807) is 6.07 Å². The third-order valence-electron chi connectivity index (χ3n) is 3.27. The molecule has 22 heavy (non-hydrogen) atoms. The number of benzene rings is 2. The van der Waals surface area contributed by atoms with Crippen LogP contribution in [0.4, 0.5) is 4.39 Å². The number of rotatable bonds is 4. The van der Waals surface area contributed by atoms with Crippen molar-refractivity contribution < 1.29 is 9.18 Å². The molecule has 0 saturated heterocycles. The van der Waals surface area contributed by atoms with Crippen molar-refractivity contribution in [1.82, 2.24) is 15.0 Å². The minimum absolute atomic E-state index is 0.00804. The lowest BCUT2D eigenvalue weighted by Gasteiger charge is -2.08. The van der Waals surface area contributed by atoms with Gasteiger partial charge in [-0.15, -0.1) is 5.10 Å². The lowest BCUT2D eigenvalue weighted by molar-refractivity contribution is 0.111. The molecule has 0 saturated carbocycles. The van der Waals surface area contributed by atoms with Crippen LogP contribution in [0.1, 0.15) is 21.7 Å². The number of carbonyl (C=O) groups excluding carboxylic acids is 1. The van der Waals surface area contributed by atoms with E-state index in [0.717, 1.165) is 5.56 Å². The number of hydrogen-bond acceptors (Lipinski definition) is 3. The van der Waals surface area contributed by atoms with Crippen molar-refractivity contribution in [3.8, 4) is 5.69 Å². The number of nitrogens with zero attached hydrogens (tertiary/aromatic N) is 3. The van der Waals surface area contributed by atoms with Crippen molar-refractivity contribution in [2.45, 2.75) is 6.42 Å². The van der Waals surface area contributed by atoms with E-state index in [4.69, 9.17) is 11.6 Å². The van der Waals surface area contributed by atoms with Crippen LogP contribution in [0.3, 0.4) is 0 Å². The van der Waals surface area contributed by atoms with Gasteiger partial charge in [-0.05, 0) is 23.8 Å². The van der Waals surface area contributed by atoms with Crippen LogP contribution in [-0.4, -0.2) is 21.3 Å². The van der Waals surface area contributed by atoms with Crippen molar-refractivity contribution in [2.24, 2.45) is 0 Å². The summed E-state index contributed by atoms with van der Waals surface area (Å²) < 4.78 is 14.8. The third kappa shape index (κ3) is 2.76. The van der Waals surface area contributed by atoms with Gasteiger partial charge in [-0.3, -0.25) is 4.79 Å². The molecule has 0 amide bonds. The van der Waals surface area contributed by atoms with E-state index >= 15 is 0 Å². The van der Waals surface area contributed by atoms with E-state index in [2.05, 4.69) is 10.3 Å². The largest absolute Gasteiger partial charge is 0.296 e. The van der Waals surface area contributed by atoms with Crippen LogP contribution in [0.15, 0.2) is 48.5 Å². The fraction of sp³-hybridized carbons (Fsp3) is 0.0625. The number of halogens is 2. The fourth-order valence-electron chi connectivity index (χ4n) is 2.18. The maximum absolute atomic E-state index is 13.3. The topological polar surface area (TPSA) is 47.8 Å². The predicted molar refractivity (Wildman–Crippen MR) is 81.0 cm³/mol. The van der Waals surface area contributed by atoms with Crippen LogP contribution in [0.2, 0.25) is 5.02 Å². The van der Waals surface area contributed by atoms with Gasteiger partial charge in [0, 0.05) is 6.42 Å². The molecule has 0 atom stereocenters. The van der Waals surface area contributed by atoms with Gasteiger partial charge in [0.2, 0.25) is 0 Å². The molecule has 0 spiro atoms. The summed E-state index contributed by atoms with van der Waals surface area (Å²) in [5.74, 6) is -0.509. The summed E-state index contributed by atoms with van der Waals surface area (Å²) in [6, 6.07) is 13.9. The van der Waals surface area contributed by atoms with Crippen molar-refractivity contribution in [3.63, 3.8) is 0 Å². The van der Waals surface area contributed by atoms with E-state index in [1.807, 2.05) is 30.3 Å². The molecule has 4 nitrogen and oxygen atoms in total. The second-order valence-corrected chi connectivity index (χ2v) is 5.12. The van der Waals surface area contributed by atoms with Gasteiger partial charge in [-0.2, -0.15) is 0 Å². The maximum atomic E-state index is 13.3. The Hall–Kier alpha value is -2.53. The average molecular weight is 316 g/mol. The Labute approximate surface area is 131 Å².